The lowest BCUT2D eigenvalue weighted by Crippen LogP contribution is -2.41. The molecule has 1 atom stereocenters. The van der Waals surface area contributed by atoms with Gasteiger partial charge in [0.2, 0.25) is 15.9 Å². The molecule has 26 heavy (non-hydrogen) atoms. The number of nitrogens with one attached hydrogen (secondary N) is 2. The number of carbonyl (C=O) groups is 1. The van der Waals surface area contributed by atoms with Crippen molar-refractivity contribution in [3.05, 3.63) is 53.1 Å². The highest BCUT2D eigenvalue weighted by Gasteiger charge is 2.25. The van der Waals surface area contributed by atoms with Gasteiger partial charge in [0, 0.05) is 5.69 Å². The maximum Gasteiger partial charge on any atom is 0.245 e. The van der Waals surface area contributed by atoms with Crippen molar-refractivity contribution < 1.29 is 26.7 Å². The molecule has 0 spiro atoms. The molecule has 0 aliphatic carbocycles. The first-order valence-electron chi connectivity index (χ1n) is 7.26. The standard InChI is InChI=1S/C16H15ClF2N2O4S/c1-9(16(22)20-11-4-5-13(19)12(17)8-11)21-26(23,24)15-7-10(18)3-6-14(15)25-2/h3-9,21H,1-2H3,(H,20,22). The number of hydrogen-bond acceptors (Lipinski definition) is 4. The van der Waals surface area contributed by atoms with Crippen molar-refractivity contribution in [2.75, 3.05) is 12.4 Å². The second kappa shape index (κ2) is 7.98. The lowest BCUT2D eigenvalue weighted by Gasteiger charge is -2.16. The Hall–Kier alpha value is -2.23. The summed E-state index contributed by atoms with van der Waals surface area (Å²) in [7, 11) is -3.00. The van der Waals surface area contributed by atoms with E-state index in [9.17, 15) is 22.0 Å². The highest BCUT2D eigenvalue weighted by Crippen LogP contribution is 2.24. The van der Waals surface area contributed by atoms with Gasteiger partial charge in [-0.05, 0) is 43.3 Å². The maximum atomic E-state index is 13.4. The number of amides is 1. The molecule has 2 aromatic rings. The monoisotopic (exact) mass is 404 g/mol. The van der Waals surface area contributed by atoms with Crippen molar-refractivity contribution in [1.82, 2.24) is 4.72 Å². The van der Waals surface area contributed by atoms with E-state index < -0.39 is 38.5 Å². The molecular formula is C16H15ClF2N2O4S. The molecule has 0 heterocycles. The van der Waals surface area contributed by atoms with Gasteiger partial charge in [0.1, 0.15) is 22.3 Å². The van der Waals surface area contributed by atoms with Gasteiger partial charge in [-0.15, -0.1) is 0 Å². The number of hydrogen-bond donors (Lipinski definition) is 2. The fourth-order valence-corrected chi connectivity index (χ4v) is 3.60. The second-order valence-corrected chi connectivity index (χ2v) is 7.35. The van der Waals surface area contributed by atoms with E-state index in [1.807, 2.05) is 0 Å². The van der Waals surface area contributed by atoms with E-state index in [4.69, 9.17) is 16.3 Å². The topological polar surface area (TPSA) is 84.5 Å². The lowest BCUT2D eigenvalue weighted by atomic mass is 10.3. The molecule has 0 saturated heterocycles. The molecule has 2 rings (SSSR count). The van der Waals surface area contributed by atoms with Crippen LogP contribution in [-0.4, -0.2) is 27.5 Å². The van der Waals surface area contributed by atoms with Crippen molar-refractivity contribution in [2.24, 2.45) is 0 Å². The van der Waals surface area contributed by atoms with E-state index in [1.54, 1.807) is 0 Å². The molecule has 0 bridgehead atoms. The molecule has 0 aliphatic rings. The number of rotatable bonds is 6. The van der Waals surface area contributed by atoms with E-state index in [-0.39, 0.29) is 16.5 Å². The fraction of sp³-hybridized carbons (Fsp3) is 0.188. The lowest BCUT2D eigenvalue weighted by molar-refractivity contribution is -0.117. The SMILES string of the molecule is COc1ccc(F)cc1S(=O)(=O)NC(C)C(=O)Nc1ccc(F)c(Cl)c1. The molecule has 1 amide bonds. The number of sulfonamides is 1. The number of methoxy groups -OCH3 is 1. The Balaban J connectivity index is 2.17. The first kappa shape index (κ1) is 20.1. The summed E-state index contributed by atoms with van der Waals surface area (Å²) >= 11 is 5.62. The molecular weight excluding hydrogens is 390 g/mol. The summed E-state index contributed by atoms with van der Waals surface area (Å²) in [6.07, 6.45) is 0. The largest absolute Gasteiger partial charge is 0.495 e. The summed E-state index contributed by atoms with van der Waals surface area (Å²) in [6.45, 7) is 1.30. The number of ether oxygens (including phenoxy) is 1. The zero-order chi connectivity index (χ0) is 19.5. The van der Waals surface area contributed by atoms with Gasteiger partial charge < -0.3 is 10.1 Å². The molecule has 140 valence electrons. The average molecular weight is 405 g/mol. The third-order valence-electron chi connectivity index (χ3n) is 3.33. The summed E-state index contributed by atoms with van der Waals surface area (Å²) in [6, 6.07) is 5.30. The van der Waals surface area contributed by atoms with Crippen LogP contribution in [-0.2, 0) is 14.8 Å². The number of halogens is 3. The van der Waals surface area contributed by atoms with Crippen molar-refractivity contribution in [3.8, 4) is 5.75 Å². The van der Waals surface area contributed by atoms with Crippen LogP contribution in [0.5, 0.6) is 5.75 Å². The molecule has 0 fully saturated rings. The Bertz CT molecular complexity index is 938. The van der Waals surface area contributed by atoms with Crippen LogP contribution in [0.25, 0.3) is 0 Å². The summed E-state index contributed by atoms with van der Waals surface area (Å²) < 4.78 is 58.4. The Labute approximate surface area is 154 Å². The molecule has 2 aromatic carbocycles. The molecule has 0 aromatic heterocycles. The van der Waals surface area contributed by atoms with E-state index in [1.165, 1.54) is 26.2 Å². The Kier molecular flexibility index (Phi) is 6.17. The highest BCUT2D eigenvalue weighted by molar-refractivity contribution is 7.89. The van der Waals surface area contributed by atoms with Crippen molar-refractivity contribution >= 4 is 33.2 Å². The van der Waals surface area contributed by atoms with E-state index in [0.717, 1.165) is 24.3 Å². The second-order valence-electron chi connectivity index (χ2n) is 5.26. The van der Waals surface area contributed by atoms with Crippen molar-refractivity contribution in [3.63, 3.8) is 0 Å². The van der Waals surface area contributed by atoms with Gasteiger partial charge in [-0.25, -0.2) is 17.2 Å². The van der Waals surface area contributed by atoms with Crippen LogP contribution in [0, 0.1) is 11.6 Å². The molecule has 0 saturated carbocycles. The van der Waals surface area contributed by atoms with Gasteiger partial charge in [-0.3, -0.25) is 4.79 Å². The first-order chi connectivity index (χ1) is 12.1. The van der Waals surface area contributed by atoms with Crippen LogP contribution < -0.4 is 14.8 Å². The summed E-state index contributed by atoms with van der Waals surface area (Å²) in [5.74, 6) is -2.22. The smallest absolute Gasteiger partial charge is 0.245 e. The molecule has 10 heteroatoms. The molecule has 6 nitrogen and oxygen atoms in total. The summed E-state index contributed by atoms with van der Waals surface area (Å²) in [4.78, 5) is 11.7. The minimum atomic E-state index is -4.24. The predicted molar refractivity (Wildman–Crippen MR) is 92.8 cm³/mol. The number of carbonyl (C=O) groups excluding carboxylic acids is 1. The van der Waals surface area contributed by atoms with E-state index in [2.05, 4.69) is 10.0 Å². The highest BCUT2D eigenvalue weighted by atomic mass is 35.5. The van der Waals surface area contributed by atoms with E-state index >= 15 is 0 Å². The number of anilines is 1. The molecule has 1 unspecified atom stereocenters. The van der Waals surface area contributed by atoms with Crippen LogP contribution in [0.15, 0.2) is 41.3 Å². The van der Waals surface area contributed by atoms with Gasteiger partial charge in [0.05, 0.1) is 18.2 Å². The van der Waals surface area contributed by atoms with Crippen molar-refractivity contribution in [2.45, 2.75) is 17.9 Å². The molecule has 0 radical (unpaired) electrons. The Morgan fingerprint density at radius 2 is 1.88 bits per heavy atom. The van der Waals surface area contributed by atoms with Crippen LogP contribution in [0.3, 0.4) is 0 Å². The maximum absolute atomic E-state index is 13.4. The molecule has 0 aliphatic heterocycles. The van der Waals surface area contributed by atoms with Gasteiger partial charge >= 0.3 is 0 Å². The third kappa shape index (κ3) is 4.69. The minimum Gasteiger partial charge on any atom is -0.495 e. The van der Waals surface area contributed by atoms with Gasteiger partial charge in [-0.1, -0.05) is 11.6 Å². The number of benzene rings is 2. The van der Waals surface area contributed by atoms with Gasteiger partial charge in [0.25, 0.3) is 0 Å². The van der Waals surface area contributed by atoms with Crippen LogP contribution >= 0.6 is 11.6 Å². The van der Waals surface area contributed by atoms with E-state index in [0.29, 0.717) is 0 Å². The Morgan fingerprint density at radius 3 is 2.50 bits per heavy atom. The predicted octanol–water partition coefficient (Wildman–Crippen LogP) is 2.93. The van der Waals surface area contributed by atoms with Crippen LogP contribution in [0.4, 0.5) is 14.5 Å². The first-order valence-corrected chi connectivity index (χ1v) is 9.12. The fourth-order valence-electron chi connectivity index (χ4n) is 2.03. The van der Waals surface area contributed by atoms with Gasteiger partial charge in [0.15, 0.2) is 0 Å². The quantitative estimate of drug-likeness (QED) is 0.775. The van der Waals surface area contributed by atoms with Gasteiger partial charge in [-0.2, -0.15) is 4.72 Å². The van der Waals surface area contributed by atoms with Crippen molar-refractivity contribution in [1.29, 1.82) is 0 Å². The van der Waals surface area contributed by atoms with Crippen LogP contribution in [0.1, 0.15) is 6.92 Å². The average Bonchev–Trinajstić information content (AvgIpc) is 2.57. The summed E-state index contributed by atoms with van der Waals surface area (Å²) in [5, 5.41) is 2.21. The summed E-state index contributed by atoms with van der Waals surface area (Å²) in [5.41, 5.74) is 0.191. The zero-order valence-corrected chi connectivity index (χ0v) is 15.3. The zero-order valence-electron chi connectivity index (χ0n) is 13.7. The minimum absolute atomic E-state index is 0.0724. The Morgan fingerprint density at radius 1 is 1.19 bits per heavy atom. The third-order valence-corrected chi connectivity index (χ3v) is 5.18. The van der Waals surface area contributed by atoms with Crippen LogP contribution in [0.2, 0.25) is 5.02 Å². The molecule has 2 N–H and O–H groups in total. The normalized spacial score (nSPS) is 12.5.